The molecule has 1 atom stereocenters. The van der Waals surface area contributed by atoms with Crippen molar-refractivity contribution in [3.8, 4) is 11.1 Å². The quantitative estimate of drug-likeness (QED) is 0.521. The summed E-state index contributed by atoms with van der Waals surface area (Å²) in [5.41, 5.74) is 3.17. The predicted octanol–water partition coefficient (Wildman–Crippen LogP) is 4.88. The highest BCUT2D eigenvalue weighted by Gasteiger charge is 2.22. The molecular weight excluding hydrogens is 384 g/mol. The summed E-state index contributed by atoms with van der Waals surface area (Å²) in [4.78, 5) is 25.1. The molecule has 0 saturated heterocycles. The van der Waals surface area contributed by atoms with E-state index < -0.39 is 5.97 Å². The van der Waals surface area contributed by atoms with Crippen molar-refractivity contribution in [2.75, 3.05) is 18.5 Å². The Hall–Kier alpha value is -2.96. The van der Waals surface area contributed by atoms with Gasteiger partial charge >= 0.3 is 5.97 Å². The number of hydrogen-bond acceptors (Lipinski definition) is 5. The number of benzene rings is 2. The molecule has 2 N–H and O–H groups in total. The van der Waals surface area contributed by atoms with Gasteiger partial charge in [-0.3, -0.25) is 4.79 Å². The Bertz CT molecular complexity index is 955. The van der Waals surface area contributed by atoms with Gasteiger partial charge < -0.3 is 15.4 Å². The normalized spacial score (nSPS) is 11.7. The van der Waals surface area contributed by atoms with Crippen LogP contribution in [0.2, 0.25) is 0 Å². The van der Waals surface area contributed by atoms with Crippen LogP contribution in [0.3, 0.4) is 0 Å². The van der Waals surface area contributed by atoms with Crippen molar-refractivity contribution < 1.29 is 14.3 Å². The molecular formula is C23H24N2O3S. The lowest BCUT2D eigenvalue weighted by atomic mass is 10.0. The average molecular weight is 409 g/mol. The van der Waals surface area contributed by atoms with Crippen molar-refractivity contribution >= 4 is 28.2 Å². The van der Waals surface area contributed by atoms with Crippen LogP contribution in [-0.2, 0) is 9.53 Å². The minimum atomic E-state index is -0.437. The highest BCUT2D eigenvalue weighted by molar-refractivity contribution is 7.15. The zero-order chi connectivity index (χ0) is 20.6. The standard InChI is InChI=1S/C23H24N2O3S/c1-3-28-23(27)21-19(18-12-8-5-9-13-18)15-29-22(21)25-20(26)14-24-16(2)17-10-6-4-7-11-17/h4-13,15-16,24H,3,14H2,1-2H3,(H,25,26). The Morgan fingerprint density at radius 2 is 1.69 bits per heavy atom. The molecule has 1 amide bonds. The number of carbonyl (C=O) groups excluding carboxylic acids is 2. The first-order chi connectivity index (χ1) is 14.1. The van der Waals surface area contributed by atoms with Gasteiger partial charge in [0.05, 0.1) is 13.2 Å². The maximum atomic E-state index is 12.6. The van der Waals surface area contributed by atoms with Gasteiger partial charge in [0.15, 0.2) is 0 Å². The van der Waals surface area contributed by atoms with Gasteiger partial charge in [0.1, 0.15) is 10.6 Å². The fraction of sp³-hybridized carbons (Fsp3) is 0.217. The van der Waals surface area contributed by atoms with Crippen molar-refractivity contribution in [2.45, 2.75) is 19.9 Å². The number of esters is 1. The SMILES string of the molecule is CCOC(=O)c1c(-c2ccccc2)csc1NC(=O)CNC(C)c1ccccc1. The first-order valence-electron chi connectivity index (χ1n) is 9.52. The van der Waals surface area contributed by atoms with Crippen molar-refractivity contribution in [3.63, 3.8) is 0 Å². The number of thiophene rings is 1. The molecule has 3 rings (SSSR count). The molecule has 1 heterocycles. The zero-order valence-corrected chi connectivity index (χ0v) is 17.3. The van der Waals surface area contributed by atoms with Gasteiger partial charge in [0, 0.05) is 17.0 Å². The van der Waals surface area contributed by atoms with Crippen LogP contribution in [0.1, 0.15) is 35.8 Å². The van der Waals surface area contributed by atoms with Crippen LogP contribution < -0.4 is 10.6 Å². The number of rotatable bonds is 8. The molecule has 0 aliphatic carbocycles. The highest BCUT2D eigenvalue weighted by atomic mass is 32.1. The van der Waals surface area contributed by atoms with E-state index in [-0.39, 0.29) is 25.1 Å². The molecule has 3 aromatic rings. The fourth-order valence-corrected chi connectivity index (χ4v) is 3.94. The molecule has 1 aromatic heterocycles. The molecule has 6 heteroatoms. The lowest BCUT2D eigenvalue weighted by Gasteiger charge is -2.14. The number of carbonyl (C=O) groups is 2. The van der Waals surface area contributed by atoms with Crippen LogP contribution in [0, 0.1) is 0 Å². The van der Waals surface area contributed by atoms with E-state index in [2.05, 4.69) is 10.6 Å². The van der Waals surface area contributed by atoms with E-state index in [0.717, 1.165) is 16.7 Å². The molecule has 0 radical (unpaired) electrons. The lowest BCUT2D eigenvalue weighted by molar-refractivity contribution is -0.115. The number of nitrogens with one attached hydrogen (secondary N) is 2. The molecule has 0 saturated carbocycles. The largest absolute Gasteiger partial charge is 0.462 e. The van der Waals surface area contributed by atoms with Crippen LogP contribution >= 0.6 is 11.3 Å². The van der Waals surface area contributed by atoms with E-state index in [4.69, 9.17) is 4.74 Å². The second-order valence-corrected chi connectivity index (χ2v) is 7.38. The van der Waals surface area contributed by atoms with Crippen molar-refractivity contribution in [3.05, 3.63) is 77.2 Å². The van der Waals surface area contributed by atoms with Crippen molar-refractivity contribution in [2.24, 2.45) is 0 Å². The molecule has 29 heavy (non-hydrogen) atoms. The van der Waals surface area contributed by atoms with E-state index in [0.29, 0.717) is 10.6 Å². The van der Waals surface area contributed by atoms with E-state index >= 15 is 0 Å². The molecule has 2 aromatic carbocycles. The Morgan fingerprint density at radius 1 is 1.03 bits per heavy atom. The monoisotopic (exact) mass is 408 g/mol. The van der Waals surface area contributed by atoms with Gasteiger partial charge in [-0.2, -0.15) is 0 Å². The Kier molecular flexibility index (Phi) is 7.16. The molecule has 5 nitrogen and oxygen atoms in total. The average Bonchev–Trinajstić information content (AvgIpc) is 3.17. The van der Waals surface area contributed by atoms with Gasteiger partial charge in [-0.25, -0.2) is 4.79 Å². The van der Waals surface area contributed by atoms with Gasteiger partial charge in [0.2, 0.25) is 5.91 Å². The van der Waals surface area contributed by atoms with Crippen LogP contribution in [0.25, 0.3) is 11.1 Å². The van der Waals surface area contributed by atoms with Crippen LogP contribution in [0.5, 0.6) is 0 Å². The number of hydrogen-bond donors (Lipinski definition) is 2. The van der Waals surface area contributed by atoms with Gasteiger partial charge in [-0.1, -0.05) is 60.7 Å². The van der Waals surface area contributed by atoms with Gasteiger partial charge in [0.25, 0.3) is 0 Å². The predicted molar refractivity (Wildman–Crippen MR) is 117 cm³/mol. The smallest absolute Gasteiger partial charge is 0.341 e. The van der Waals surface area contributed by atoms with E-state index in [1.54, 1.807) is 6.92 Å². The van der Waals surface area contributed by atoms with Crippen LogP contribution in [0.15, 0.2) is 66.0 Å². The number of amides is 1. The molecule has 150 valence electrons. The summed E-state index contributed by atoms with van der Waals surface area (Å²) >= 11 is 1.32. The van der Waals surface area contributed by atoms with E-state index in [1.165, 1.54) is 11.3 Å². The summed E-state index contributed by atoms with van der Waals surface area (Å²) < 4.78 is 5.23. The first-order valence-corrected chi connectivity index (χ1v) is 10.4. The van der Waals surface area contributed by atoms with Crippen LogP contribution in [-0.4, -0.2) is 25.0 Å². The molecule has 0 aliphatic heterocycles. The molecule has 1 unspecified atom stereocenters. The third kappa shape index (κ3) is 5.31. The first kappa shape index (κ1) is 20.8. The third-order valence-electron chi connectivity index (χ3n) is 4.48. The summed E-state index contributed by atoms with van der Waals surface area (Å²) in [6.07, 6.45) is 0. The summed E-state index contributed by atoms with van der Waals surface area (Å²) in [6.45, 7) is 4.17. The summed E-state index contributed by atoms with van der Waals surface area (Å²) in [6, 6.07) is 19.6. The van der Waals surface area contributed by atoms with Gasteiger partial charge in [-0.05, 0) is 25.0 Å². The maximum Gasteiger partial charge on any atom is 0.341 e. The molecule has 0 aliphatic rings. The summed E-state index contributed by atoms with van der Waals surface area (Å²) in [5, 5.41) is 8.44. The van der Waals surface area contributed by atoms with Gasteiger partial charge in [-0.15, -0.1) is 11.3 Å². The third-order valence-corrected chi connectivity index (χ3v) is 5.37. The Balaban J connectivity index is 1.73. The minimum Gasteiger partial charge on any atom is -0.462 e. The van der Waals surface area contributed by atoms with E-state index in [1.807, 2.05) is 73.0 Å². The number of ether oxygens (including phenoxy) is 1. The maximum absolute atomic E-state index is 12.6. The highest BCUT2D eigenvalue weighted by Crippen LogP contribution is 2.36. The lowest BCUT2D eigenvalue weighted by Crippen LogP contribution is -2.30. The van der Waals surface area contributed by atoms with E-state index in [9.17, 15) is 9.59 Å². The second-order valence-electron chi connectivity index (χ2n) is 6.50. The van der Waals surface area contributed by atoms with Crippen LogP contribution in [0.4, 0.5) is 5.00 Å². The van der Waals surface area contributed by atoms with Crippen molar-refractivity contribution in [1.29, 1.82) is 0 Å². The zero-order valence-electron chi connectivity index (χ0n) is 16.5. The molecule has 0 spiro atoms. The number of anilines is 1. The second kappa shape index (κ2) is 10.0. The summed E-state index contributed by atoms with van der Waals surface area (Å²) in [7, 11) is 0. The topological polar surface area (TPSA) is 67.4 Å². The molecule has 0 fully saturated rings. The fourth-order valence-electron chi connectivity index (χ4n) is 2.96. The molecule has 0 bridgehead atoms. The van der Waals surface area contributed by atoms with Crippen molar-refractivity contribution in [1.82, 2.24) is 5.32 Å². The Morgan fingerprint density at radius 3 is 2.34 bits per heavy atom. The summed E-state index contributed by atoms with van der Waals surface area (Å²) in [5.74, 6) is -0.645. The minimum absolute atomic E-state index is 0.0368. The Labute approximate surface area is 174 Å².